The number of aromatic nitrogens is 3. The quantitative estimate of drug-likeness (QED) is 0.447. The van der Waals surface area contributed by atoms with E-state index in [0.717, 1.165) is 15.7 Å². The third-order valence-electron chi connectivity index (χ3n) is 5.60. The number of anilines is 1. The van der Waals surface area contributed by atoms with Crippen LogP contribution in [0.15, 0.2) is 64.2 Å². The van der Waals surface area contributed by atoms with Gasteiger partial charge in [-0.15, -0.1) is 0 Å². The van der Waals surface area contributed by atoms with E-state index in [1.165, 1.54) is 17.7 Å². The first kappa shape index (κ1) is 23.6. The van der Waals surface area contributed by atoms with Gasteiger partial charge in [0.1, 0.15) is 6.54 Å². The van der Waals surface area contributed by atoms with Crippen molar-refractivity contribution in [2.24, 2.45) is 0 Å². The van der Waals surface area contributed by atoms with Gasteiger partial charge in [0.25, 0.3) is 5.56 Å². The Kier molecular flexibility index (Phi) is 6.33. The third-order valence-corrected chi connectivity index (χ3v) is 5.60. The minimum atomic E-state index is -0.805. The second kappa shape index (κ2) is 9.38. The van der Waals surface area contributed by atoms with Crippen molar-refractivity contribution in [2.75, 3.05) is 12.4 Å². The number of aryl methyl sites for hydroxylation is 3. The highest BCUT2D eigenvalue weighted by atomic mass is 16.5. The number of carbonyl (C=O) groups is 2. The van der Waals surface area contributed by atoms with Gasteiger partial charge in [0.05, 0.1) is 23.7 Å². The summed E-state index contributed by atoms with van der Waals surface area (Å²) in [7, 11) is 1.20. The maximum atomic E-state index is 13.6. The van der Waals surface area contributed by atoms with E-state index in [-0.39, 0.29) is 16.6 Å². The van der Waals surface area contributed by atoms with Crippen LogP contribution in [-0.2, 0) is 16.1 Å². The number of nitrogens with one attached hydrogen (secondary N) is 1. The number of ether oxygens (including phenoxy) is 1. The molecule has 35 heavy (non-hydrogen) atoms. The summed E-state index contributed by atoms with van der Waals surface area (Å²) in [6, 6.07) is 15.5. The van der Waals surface area contributed by atoms with Gasteiger partial charge in [-0.2, -0.15) is 0 Å². The van der Waals surface area contributed by atoms with Crippen LogP contribution >= 0.6 is 0 Å². The molecule has 4 rings (SSSR count). The molecule has 4 aromatic rings. The number of carbonyl (C=O) groups excluding carboxylic acids is 2. The van der Waals surface area contributed by atoms with Crippen LogP contribution in [-0.4, -0.2) is 33.1 Å². The maximum absolute atomic E-state index is 13.6. The number of benzene rings is 2. The van der Waals surface area contributed by atoms with Crippen molar-refractivity contribution in [1.82, 2.24) is 14.1 Å². The second-order valence-electron chi connectivity index (χ2n) is 8.21. The number of amides is 1. The molecular weight excluding hydrogens is 448 g/mol. The van der Waals surface area contributed by atoms with Crippen LogP contribution in [0, 0.1) is 20.8 Å². The molecule has 0 fully saturated rings. The molecule has 9 heteroatoms. The summed E-state index contributed by atoms with van der Waals surface area (Å²) in [5, 5.41) is 2.64. The van der Waals surface area contributed by atoms with Gasteiger partial charge in [0, 0.05) is 11.4 Å². The molecule has 0 unspecified atom stereocenters. The number of para-hydroxylation sites is 1. The Hall–Kier alpha value is -4.53. The Morgan fingerprint density at radius 3 is 2.37 bits per heavy atom. The Bertz CT molecular complexity index is 1590. The summed E-state index contributed by atoms with van der Waals surface area (Å²) in [4.78, 5) is 56.9. The molecule has 178 valence electrons. The minimum absolute atomic E-state index is 0.0117. The second-order valence-corrected chi connectivity index (χ2v) is 8.21. The average Bonchev–Trinajstić information content (AvgIpc) is 2.83. The van der Waals surface area contributed by atoms with Crippen LogP contribution in [0.25, 0.3) is 16.7 Å². The van der Waals surface area contributed by atoms with Crippen LogP contribution in [0.5, 0.6) is 0 Å². The number of methoxy groups -OCH3 is 1. The van der Waals surface area contributed by atoms with Gasteiger partial charge in [-0.25, -0.2) is 23.7 Å². The average molecular weight is 473 g/mol. The molecular formula is C26H24N4O5. The number of nitrogens with zero attached hydrogens (tertiary/aromatic N) is 3. The van der Waals surface area contributed by atoms with Gasteiger partial charge < -0.3 is 10.1 Å². The molecule has 9 nitrogen and oxygen atoms in total. The van der Waals surface area contributed by atoms with Crippen molar-refractivity contribution in [3.05, 3.63) is 97.8 Å². The van der Waals surface area contributed by atoms with Gasteiger partial charge in [-0.1, -0.05) is 35.9 Å². The largest absolute Gasteiger partial charge is 0.465 e. The molecule has 0 atom stereocenters. The molecule has 2 heterocycles. The molecule has 0 aliphatic rings. The number of hydrogen-bond acceptors (Lipinski definition) is 6. The number of rotatable bonds is 5. The topological polar surface area (TPSA) is 112 Å². The van der Waals surface area contributed by atoms with Crippen molar-refractivity contribution in [3.63, 3.8) is 0 Å². The fourth-order valence-corrected chi connectivity index (χ4v) is 3.97. The third kappa shape index (κ3) is 4.48. The van der Waals surface area contributed by atoms with Gasteiger partial charge in [0.2, 0.25) is 5.91 Å². The molecule has 0 spiro atoms. The summed E-state index contributed by atoms with van der Waals surface area (Å²) < 4.78 is 6.90. The van der Waals surface area contributed by atoms with Gasteiger partial charge in [-0.05, 0) is 50.6 Å². The molecule has 0 aliphatic heterocycles. The van der Waals surface area contributed by atoms with Crippen molar-refractivity contribution < 1.29 is 14.3 Å². The molecule has 2 aromatic carbocycles. The summed E-state index contributed by atoms with van der Waals surface area (Å²) in [6.07, 6.45) is 0. The number of esters is 1. The van der Waals surface area contributed by atoms with Gasteiger partial charge in [-0.3, -0.25) is 9.59 Å². The molecule has 0 saturated heterocycles. The fraction of sp³-hybridized carbons (Fsp3) is 0.192. The molecule has 2 aromatic heterocycles. The Labute approximate surface area is 200 Å². The SMILES string of the molecule is COC(=O)c1cc(C)nc2c1c(=O)n(CC(=O)Nc1ccc(C)cc1C)c(=O)n2-c1ccccc1. The van der Waals surface area contributed by atoms with E-state index in [1.54, 1.807) is 43.3 Å². The molecule has 0 bridgehead atoms. The van der Waals surface area contributed by atoms with E-state index in [9.17, 15) is 19.2 Å². The zero-order chi connectivity index (χ0) is 25.3. The highest BCUT2D eigenvalue weighted by Crippen LogP contribution is 2.19. The van der Waals surface area contributed by atoms with E-state index >= 15 is 0 Å². The fourth-order valence-electron chi connectivity index (χ4n) is 3.97. The standard InChI is InChI=1S/C26H24N4O5/c1-15-10-11-20(16(2)12-15)28-21(31)14-29-24(32)22-19(25(33)35-4)13-17(3)27-23(22)30(26(29)34)18-8-6-5-7-9-18/h5-13H,14H2,1-4H3,(H,28,31). The van der Waals surface area contributed by atoms with Crippen LogP contribution < -0.4 is 16.6 Å². The zero-order valence-corrected chi connectivity index (χ0v) is 19.8. The first-order valence-electron chi connectivity index (χ1n) is 10.9. The number of fused-ring (bicyclic) bond motifs is 1. The van der Waals surface area contributed by atoms with Crippen LogP contribution in [0.1, 0.15) is 27.2 Å². The molecule has 1 amide bonds. The number of pyridine rings is 1. The van der Waals surface area contributed by atoms with E-state index in [1.807, 2.05) is 26.0 Å². The summed E-state index contributed by atoms with van der Waals surface area (Å²) in [5.41, 5.74) is 1.73. The Morgan fingerprint density at radius 2 is 1.71 bits per heavy atom. The van der Waals surface area contributed by atoms with Gasteiger partial charge in [0.15, 0.2) is 5.65 Å². The highest BCUT2D eigenvalue weighted by molar-refractivity contribution is 6.02. The number of hydrogen-bond donors (Lipinski definition) is 1. The van der Waals surface area contributed by atoms with E-state index in [0.29, 0.717) is 17.1 Å². The van der Waals surface area contributed by atoms with Crippen LogP contribution in [0.3, 0.4) is 0 Å². The monoisotopic (exact) mass is 472 g/mol. The lowest BCUT2D eigenvalue weighted by Crippen LogP contribution is -2.43. The van der Waals surface area contributed by atoms with Crippen molar-refractivity contribution in [3.8, 4) is 5.69 Å². The maximum Gasteiger partial charge on any atom is 0.338 e. The van der Waals surface area contributed by atoms with E-state index in [2.05, 4.69) is 10.3 Å². The lowest BCUT2D eigenvalue weighted by atomic mass is 10.1. The Morgan fingerprint density at radius 1 is 1.00 bits per heavy atom. The molecule has 1 N–H and O–H groups in total. The first-order valence-corrected chi connectivity index (χ1v) is 10.9. The summed E-state index contributed by atoms with van der Waals surface area (Å²) in [6.45, 7) is 4.88. The van der Waals surface area contributed by atoms with Crippen molar-refractivity contribution in [2.45, 2.75) is 27.3 Å². The lowest BCUT2D eigenvalue weighted by Gasteiger charge is -2.16. The lowest BCUT2D eigenvalue weighted by molar-refractivity contribution is -0.116. The van der Waals surface area contributed by atoms with Crippen LogP contribution in [0.2, 0.25) is 0 Å². The smallest absolute Gasteiger partial charge is 0.338 e. The predicted molar refractivity (Wildman–Crippen MR) is 132 cm³/mol. The van der Waals surface area contributed by atoms with Gasteiger partial charge >= 0.3 is 11.7 Å². The molecule has 0 aliphatic carbocycles. The van der Waals surface area contributed by atoms with E-state index in [4.69, 9.17) is 4.74 Å². The van der Waals surface area contributed by atoms with Crippen molar-refractivity contribution >= 4 is 28.6 Å². The Balaban J connectivity index is 1.94. The summed E-state index contributed by atoms with van der Waals surface area (Å²) >= 11 is 0. The zero-order valence-electron chi connectivity index (χ0n) is 19.8. The summed E-state index contributed by atoms with van der Waals surface area (Å²) in [5.74, 6) is -1.31. The first-order chi connectivity index (χ1) is 16.7. The highest BCUT2D eigenvalue weighted by Gasteiger charge is 2.23. The van der Waals surface area contributed by atoms with E-state index < -0.39 is 29.7 Å². The van der Waals surface area contributed by atoms with Crippen LogP contribution in [0.4, 0.5) is 5.69 Å². The minimum Gasteiger partial charge on any atom is -0.465 e. The molecule has 0 radical (unpaired) electrons. The normalized spacial score (nSPS) is 10.9. The predicted octanol–water partition coefficient (Wildman–Crippen LogP) is 2.90. The molecule has 0 saturated carbocycles. The van der Waals surface area contributed by atoms with Crippen molar-refractivity contribution in [1.29, 1.82) is 0 Å².